The molecule has 1 heterocycles. The van der Waals surface area contributed by atoms with Crippen LogP contribution in [-0.2, 0) is 19.2 Å². The van der Waals surface area contributed by atoms with Crippen molar-refractivity contribution in [2.45, 2.75) is 88.0 Å². The number of aliphatic hydroxyl groups is 1. The third kappa shape index (κ3) is 13.4. The van der Waals surface area contributed by atoms with Gasteiger partial charge in [-0.2, -0.15) is 0 Å². The minimum atomic E-state index is -0.440. The van der Waals surface area contributed by atoms with Gasteiger partial charge in [0.1, 0.15) is 0 Å². The Bertz CT molecular complexity index is 603. The molecule has 0 aromatic heterocycles. The van der Waals surface area contributed by atoms with E-state index in [0.29, 0.717) is 25.4 Å². The molecular formula is C25H49N3O5. The van der Waals surface area contributed by atoms with Gasteiger partial charge in [0.15, 0.2) is 0 Å². The molecular weight excluding hydrogens is 422 g/mol. The number of carbonyl (C=O) groups excluding carboxylic acids is 4. The molecule has 8 nitrogen and oxygen atoms in total. The van der Waals surface area contributed by atoms with Crippen LogP contribution < -0.4 is 10.6 Å². The van der Waals surface area contributed by atoms with Crippen LogP contribution >= 0.6 is 0 Å². The van der Waals surface area contributed by atoms with E-state index < -0.39 is 5.41 Å². The number of rotatable bonds is 11. The highest BCUT2D eigenvalue weighted by Crippen LogP contribution is 2.26. The monoisotopic (exact) mass is 471 g/mol. The Labute approximate surface area is 201 Å². The Morgan fingerprint density at radius 1 is 1.12 bits per heavy atom. The standard InChI is InChI=1S/C15H26N2O3.C8H17NO2.C2H6/c1-10(2)5-7-16-13(18)6-8-17-14(19)9-12(11(3)4)15(17)20;1-4-9-7(11)8(2,3)5-6-10;1-2/h10-12H,5-9H2,1-4H3,(H,16,18);10H,4-6H2,1-3H3,(H,9,11);1-2H3. The molecule has 0 saturated carbocycles. The second-order valence-electron chi connectivity index (χ2n) is 9.44. The maximum atomic E-state index is 12.0. The fourth-order valence-electron chi connectivity index (χ4n) is 3.06. The minimum absolute atomic E-state index is 0.00838. The molecule has 0 spiro atoms. The van der Waals surface area contributed by atoms with Crippen molar-refractivity contribution >= 4 is 23.6 Å². The quantitative estimate of drug-likeness (QED) is 0.400. The Morgan fingerprint density at radius 2 is 1.70 bits per heavy atom. The van der Waals surface area contributed by atoms with E-state index in [1.807, 2.05) is 48.5 Å². The van der Waals surface area contributed by atoms with Crippen molar-refractivity contribution in [3.05, 3.63) is 0 Å². The molecule has 1 atom stereocenters. The van der Waals surface area contributed by atoms with Crippen LogP contribution in [0.5, 0.6) is 0 Å². The summed E-state index contributed by atoms with van der Waals surface area (Å²) >= 11 is 0. The largest absolute Gasteiger partial charge is 0.396 e. The first-order valence-corrected chi connectivity index (χ1v) is 12.4. The molecule has 0 radical (unpaired) electrons. The predicted octanol–water partition coefficient (Wildman–Crippen LogP) is 3.13. The summed E-state index contributed by atoms with van der Waals surface area (Å²) in [6.07, 6.45) is 1.92. The zero-order chi connectivity index (χ0) is 26.2. The third-order valence-corrected chi connectivity index (χ3v) is 5.38. The van der Waals surface area contributed by atoms with Crippen LogP contribution in [0, 0.1) is 23.2 Å². The zero-order valence-electron chi connectivity index (χ0n) is 22.4. The van der Waals surface area contributed by atoms with Crippen LogP contribution in [0.15, 0.2) is 0 Å². The molecule has 0 aliphatic carbocycles. The number of hydrogen-bond donors (Lipinski definition) is 3. The summed E-state index contributed by atoms with van der Waals surface area (Å²) in [4.78, 5) is 48.0. The van der Waals surface area contributed by atoms with E-state index in [-0.39, 0.29) is 61.5 Å². The molecule has 0 bridgehead atoms. The van der Waals surface area contributed by atoms with Gasteiger partial charge in [-0.3, -0.25) is 24.1 Å². The van der Waals surface area contributed by atoms with Crippen molar-refractivity contribution in [1.82, 2.24) is 15.5 Å². The van der Waals surface area contributed by atoms with Crippen molar-refractivity contribution in [2.75, 3.05) is 26.2 Å². The Balaban J connectivity index is 0. The van der Waals surface area contributed by atoms with E-state index in [2.05, 4.69) is 24.5 Å². The first-order valence-electron chi connectivity index (χ1n) is 12.4. The lowest BCUT2D eigenvalue weighted by atomic mass is 9.89. The summed E-state index contributed by atoms with van der Waals surface area (Å²) in [6.45, 7) is 19.2. The number of nitrogens with zero attached hydrogens (tertiary/aromatic N) is 1. The zero-order valence-corrected chi connectivity index (χ0v) is 22.4. The van der Waals surface area contributed by atoms with Crippen LogP contribution in [0.1, 0.15) is 88.0 Å². The summed E-state index contributed by atoms with van der Waals surface area (Å²) in [5, 5.41) is 14.2. The van der Waals surface area contributed by atoms with Gasteiger partial charge in [-0.1, -0.05) is 55.4 Å². The van der Waals surface area contributed by atoms with Gasteiger partial charge >= 0.3 is 0 Å². The fourth-order valence-corrected chi connectivity index (χ4v) is 3.06. The molecule has 3 N–H and O–H groups in total. The molecule has 194 valence electrons. The second-order valence-corrected chi connectivity index (χ2v) is 9.44. The molecule has 1 saturated heterocycles. The number of nitrogens with one attached hydrogen (secondary N) is 2. The molecule has 1 aliphatic rings. The highest BCUT2D eigenvalue weighted by atomic mass is 16.3. The minimum Gasteiger partial charge on any atom is -0.396 e. The number of carbonyl (C=O) groups is 4. The van der Waals surface area contributed by atoms with E-state index in [9.17, 15) is 19.2 Å². The van der Waals surface area contributed by atoms with Crippen molar-refractivity contribution in [1.29, 1.82) is 0 Å². The predicted molar refractivity (Wildman–Crippen MR) is 132 cm³/mol. The van der Waals surface area contributed by atoms with Gasteiger partial charge < -0.3 is 15.7 Å². The van der Waals surface area contributed by atoms with Crippen LogP contribution in [-0.4, -0.2) is 59.9 Å². The molecule has 1 fully saturated rings. The van der Waals surface area contributed by atoms with E-state index in [1.165, 1.54) is 4.90 Å². The van der Waals surface area contributed by atoms with Crippen LogP contribution in [0.25, 0.3) is 0 Å². The average Bonchev–Trinajstić information content (AvgIpc) is 3.02. The number of aliphatic hydroxyl groups excluding tert-OH is 1. The molecule has 1 unspecified atom stereocenters. The lowest BCUT2D eigenvalue weighted by Gasteiger charge is -2.21. The summed E-state index contributed by atoms with van der Waals surface area (Å²) in [7, 11) is 0. The van der Waals surface area contributed by atoms with E-state index in [4.69, 9.17) is 5.11 Å². The average molecular weight is 472 g/mol. The van der Waals surface area contributed by atoms with Crippen molar-refractivity contribution in [3.8, 4) is 0 Å². The molecule has 8 heteroatoms. The Morgan fingerprint density at radius 3 is 2.12 bits per heavy atom. The number of hydrogen-bond acceptors (Lipinski definition) is 5. The molecule has 0 aromatic carbocycles. The fraction of sp³-hybridized carbons (Fsp3) is 0.840. The van der Waals surface area contributed by atoms with Crippen LogP contribution in [0.3, 0.4) is 0 Å². The first-order chi connectivity index (χ1) is 15.4. The second kappa shape index (κ2) is 17.5. The van der Waals surface area contributed by atoms with Gasteiger partial charge in [-0.25, -0.2) is 0 Å². The van der Waals surface area contributed by atoms with Gasteiger partial charge in [0, 0.05) is 50.4 Å². The van der Waals surface area contributed by atoms with Gasteiger partial charge in [0.2, 0.25) is 23.6 Å². The smallest absolute Gasteiger partial charge is 0.233 e. The normalized spacial score (nSPS) is 15.6. The van der Waals surface area contributed by atoms with Crippen LogP contribution in [0.4, 0.5) is 0 Å². The summed E-state index contributed by atoms with van der Waals surface area (Å²) in [5.74, 6) is 0.128. The van der Waals surface area contributed by atoms with Crippen molar-refractivity contribution in [3.63, 3.8) is 0 Å². The van der Waals surface area contributed by atoms with E-state index in [1.54, 1.807) is 0 Å². The summed E-state index contributed by atoms with van der Waals surface area (Å²) in [6, 6.07) is 0. The van der Waals surface area contributed by atoms with E-state index >= 15 is 0 Å². The summed E-state index contributed by atoms with van der Waals surface area (Å²) in [5.41, 5.74) is -0.440. The molecule has 0 aromatic rings. The third-order valence-electron chi connectivity index (χ3n) is 5.38. The van der Waals surface area contributed by atoms with Crippen molar-refractivity contribution in [2.24, 2.45) is 23.2 Å². The van der Waals surface area contributed by atoms with E-state index in [0.717, 1.165) is 6.42 Å². The topological polar surface area (TPSA) is 116 Å². The SMILES string of the molecule is CC.CC(C)CCNC(=O)CCN1C(=O)CC(C(C)C)C1=O.CCNC(=O)C(C)(C)CCO. The number of amides is 4. The molecule has 1 aliphatic heterocycles. The van der Waals surface area contributed by atoms with Crippen LogP contribution in [0.2, 0.25) is 0 Å². The molecule has 33 heavy (non-hydrogen) atoms. The maximum Gasteiger partial charge on any atom is 0.233 e. The number of imide groups is 1. The maximum absolute atomic E-state index is 12.0. The molecule has 1 rings (SSSR count). The van der Waals surface area contributed by atoms with Gasteiger partial charge in [-0.05, 0) is 31.6 Å². The lowest BCUT2D eigenvalue weighted by molar-refractivity contribution is -0.140. The highest BCUT2D eigenvalue weighted by molar-refractivity contribution is 6.03. The van der Waals surface area contributed by atoms with Gasteiger partial charge in [0.05, 0.1) is 0 Å². The van der Waals surface area contributed by atoms with Gasteiger partial charge in [-0.15, -0.1) is 0 Å². The van der Waals surface area contributed by atoms with Crippen molar-refractivity contribution < 1.29 is 24.3 Å². The molecule has 4 amide bonds. The lowest BCUT2D eigenvalue weighted by Crippen LogP contribution is -2.37. The van der Waals surface area contributed by atoms with Gasteiger partial charge in [0.25, 0.3) is 0 Å². The summed E-state index contributed by atoms with van der Waals surface area (Å²) < 4.78 is 0. The Hall–Kier alpha value is -1.96. The first kappa shape index (κ1) is 33.2. The Kier molecular flexibility index (Phi) is 17.6. The number of likely N-dealkylation sites (tertiary alicyclic amines) is 1. The highest BCUT2D eigenvalue weighted by Gasteiger charge is 2.39.